The number of rotatable bonds is 16. The van der Waals surface area contributed by atoms with Gasteiger partial charge in [0.25, 0.3) is 0 Å². The second-order valence-corrected chi connectivity index (χ2v) is 8.21. The first-order chi connectivity index (χ1) is 14.2. The van der Waals surface area contributed by atoms with Crippen LogP contribution in [-0.2, 0) is 19.2 Å². The molecule has 4 atom stereocenters. The summed E-state index contributed by atoms with van der Waals surface area (Å²) in [5, 5.41) is 16.8. The van der Waals surface area contributed by atoms with E-state index >= 15 is 0 Å². The van der Waals surface area contributed by atoms with Crippen LogP contribution in [0.3, 0.4) is 0 Å². The second kappa shape index (κ2) is 15.9. The Bertz CT molecular complexity index is 563. The molecule has 0 aliphatic rings. The monoisotopic (exact) mass is 447 g/mol. The van der Waals surface area contributed by atoms with Gasteiger partial charge in [0.1, 0.15) is 12.1 Å². The standard InChI is InChI=1S/C19H37N5O5S/c1-4-12(2)16(19(28)29)24-15(25)11-22-18(27)14(8-10-30-3)23-17(26)13(21)7-5-6-9-20/h12-14,16H,4-11,20-21H2,1-3H3,(H,22,27)(H,23,26)(H,24,25)(H,28,29). The highest BCUT2D eigenvalue weighted by Gasteiger charge is 2.27. The van der Waals surface area contributed by atoms with Gasteiger partial charge in [-0.3, -0.25) is 14.4 Å². The van der Waals surface area contributed by atoms with E-state index < -0.39 is 41.8 Å². The maximum Gasteiger partial charge on any atom is 0.326 e. The molecule has 30 heavy (non-hydrogen) atoms. The summed E-state index contributed by atoms with van der Waals surface area (Å²) in [5.74, 6) is -2.31. The van der Waals surface area contributed by atoms with E-state index in [0.717, 1.165) is 6.42 Å². The molecule has 0 aliphatic carbocycles. The van der Waals surface area contributed by atoms with Crippen LogP contribution in [-0.4, -0.2) is 72.0 Å². The number of unbranched alkanes of at least 4 members (excludes halogenated alkanes) is 1. The van der Waals surface area contributed by atoms with Crippen molar-refractivity contribution in [3.8, 4) is 0 Å². The van der Waals surface area contributed by atoms with Crippen LogP contribution in [0.4, 0.5) is 0 Å². The van der Waals surface area contributed by atoms with Gasteiger partial charge >= 0.3 is 5.97 Å². The number of nitrogens with one attached hydrogen (secondary N) is 3. The Hall–Kier alpha value is -1.85. The lowest BCUT2D eigenvalue weighted by Crippen LogP contribution is -2.54. The average molecular weight is 448 g/mol. The molecular formula is C19H37N5O5S. The van der Waals surface area contributed by atoms with Crippen LogP contribution < -0.4 is 27.4 Å². The molecule has 0 saturated heterocycles. The largest absolute Gasteiger partial charge is 0.480 e. The minimum Gasteiger partial charge on any atom is -0.480 e. The van der Waals surface area contributed by atoms with Gasteiger partial charge in [-0.15, -0.1) is 0 Å². The van der Waals surface area contributed by atoms with Crippen LogP contribution in [0.2, 0.25) is 0 Å². The maximum atomic E-state index is 12.5. The van der Waals surface area contributed by atoms with Gasteiger partial charge < -0.3 is 32.5 Å². The Kier molecular flexibility index (Phi) is 14.9. The van der Waals surface area contributed by atoms with Gasteiger partial charge in [0.05, 0.1) is 12.6 Å². The van der Waals surface area contributed by atoms with Crippen LogP contribution in [0.5, 0.6) is 0 Å². The number of carbonyl (C=O) groups excluding carboxylic acids is 3. The van der Waals surface area contributed by atoms with E-state index in [-0.39, 0.29) is 12.5 Å². The summed E-state index contributed by atoms with van der Waals surface area (Å²) in [6.45, 7) is 3.69. The average Bonchev–Trinajstić information content (AvgIpc) is 2.72. The summed E-state index contributed by atoms with van der Waals surface area (Å²) in [7, 11) is 0. The number of carboxylic acids is 1. The van der Waals surface area contributed by atoms with E-state index in [9.17, 15) is 24.3 Å². The Labute approximate surface area is 182 Å². The number of nitrogens with two attached hydrogens (primary N) is 2. The molecule has 0 fully saturated rings. The summed E-state index contributed by atoms with van der Waals surface area (Å²) in [5.41, 5.74) is 11.3. The summed E-state index contributed by atoms with van der Waals surface area (Å²) in [6.07, 6.45) is 4.78. The predicted molar refractivity (Wildman–Crippen MR) is 118 cm³/mol. The van der Waals surface area contributed by atoms with Gasteiger partial charge in [-0.05, 0) is 43.7 Å². The van der Waals surface area contributed by atoms with Gasteiger partial charge in [0.2, 0.25) is 17.7 Å². The molecule has 0 radical (unpaired) electrons. The molecule has 0 aliphatic heterocycles. The highest BCUT2D eigenvalue weighted by Crippen LogP contribution is 2.08. The lowest BCUT2D eigenvalue weighted by Gasteiger charge is -2.22. The van der Waals surface area contributed by atoms with Gasteiger partial charge in [-0.2, -0.15) is 11.8 Å². The third kappa shape index (κ3) is 11.4. The Morgan fingerprint density at radius 2 is 1.73 bits per heavy atom. The zero-order valence-electron chi connectivity index (χ0n) is 18.1. The molecule has 0 heterocycles. The van der Waals surface area contributed by atoms with Gasteiger partial charge in [-0.1, -0.05) is 26.7 Å². The lowest BCUT2D eigenvalue weighted by atomic mass is 9.99. The van der Waals surface area contributed by atoms with Crippen molar-refractivity contribution in [3.63, 3.8) is 0 Å². The Balaban J connectivity index is 4.77. The summed E-state index contributed by atoms with van der Waals surface area (Å²) >= 11 is 1.52. The minimum atomic E-state index is -1.13. The number of carbonyl (C=O) groups is 4. The number of hydrogen-bond acceptors (Lipinski definition) is 7. The predicted octanol–water partition coefficient (Wildman–Crippen LogP) is -0.588. The van der Waals surface area contributed by atoms with E-state index in [4.69, 9.17) is 11.5 Å². The van der Waals surface area contributed by atoms with Crippen molar-refractivity contribution in [2.75, 3.05) is 25.1 Å². The quantitative estimate of drug-likeness (QED) is 0.170. The normalized spacial score (nSPS) is 14.8. The molecule has 3 amide bonds. The van der Waals surface area contributed by atoms with Crippen molar-refractivity contribution in [2.45, 2.75) is 64.1 Å². The zero-order chi connectivity index (χ0) is 23.1. The van der Waals surface area contributed by atoms with Crippen molar-refractivity contribution in [3.05, 3.63) is 0 Å². The Morgan fingerprint density at radius 1 is 1.07 bits per heavy atom. The molecular weight excluding hydrogens is 410 g/mol. The number of amides is 3. The maximum absolute atomic E-state index is 12.5. The van der Waals surface area contributed by atoms with E-state index in [2.05, 4.69) is 16.0 Å². The van der Waals surface area contributed by atoms with Gasteiger partial charge in [0, 0.05) is 0 Å². The molecule has 11 heteroatoms. The number of carboxylic acid groups (broad SMARTS) is 1. The summed E-state index contributed by atoms with van der Waals surface area (Å²) in [6, 6.07) is -2.60. The molecule has 0 aromatic rings. The van der Waals surface area contributed by atoms with Crippen molar-refractivity contribution < 1.29 is 24.3 Å². The first kappa shape index (κ1) is 28.1. The number of aliphatic carboxylic acids is 1. The van der Waals surface area contributed by atoms with Crippen LogP contribution >= 0.6 is 11.8 Å². The first-order valence-corrected chi connectivity index (χ1v) is 11.6. The summed E-state index contributed by atoms with van der Waals surface area (Å²) in [4.78, 5) is 48.2. The molecule has 0 bridgehead atoms. The fraction of sp³-hybridized carbons (Fsp3) is 0.789. The molecule has 4 unspecified atom stereocenters. The highest BCUT2D eigenvalue weighted by atomic mass is 32.2. The molecule has 0 spiro atoms. The Morgan fingerprint density at radius 3 is 2.27 bits per heavy atom. The second-order valence-electron chi connectivity index (χ2n) is 7.22. The first-order valence-electron chi connectivity index (χ1n) is 10.2. The SMILES string of the molecule is CCC(C)C(NC(=O)CNC(=O)C(CCSC)NC(=O)C(N)CCCCN)C(=O)O. The molecule has 0 saturated carbocycles. The van der Waals surface area contributed by atoms with Crippen LogP contribution in [0.1, 0.15) is 46.0 Å². The van der Waals surface area contributed by atoms with Gasteiger partial charge in [0.15, 0.2) is 0 Å². The van der Waals surface area contributed by atoms with E-state index in [0.29, 0.717) is 38.0 Å². The molecule has 10 nitrogen and oxygen atoms in total. The smallest absolute Gasteiger partial charge is 0.326 e. The van der Waals surface area contributed by atoms with Crippen LogP contribution in [0, 0.1) is 5.92 Å². The molecule has 8 N–H and O–H groups in total. The topological polar surface area (TPSA) is 177 Å². The van der Waals surface area contributed by atoms with E-state index in [1.807, 2.05) is 13.2 Å². The lowest BCUT2D eigenvalue weighted by molar-refractivity contribution is -0.143. The molecule has 0 aromatic heterocycles. The van der Waals surface area contributed by atoms with E-state index in [1.165, 1.54) is 11.8 Å². The van der Waals surface area contributed by atoms with Crippen molar-refractivity contribution >= 4 is 35.5 Å². The molecule has 0 rings (SSSR count). The minimum absolute atomic E-state index is 0.253. The van der Waals surface area contributed by atoms with Crippen molar-refractivity contribution in [1.82, 2.24) is 16.0 Å². The zero-order valence-corrected chi connectivity index (χ0v) is 18.9. The van der Waals surface area contributed by atoms with Crippen LogP contribution in [0.15, 0.2) is 0 Å². The summed E-state index contributed by atoms with van der Waals surface area (Å²) < 4.78 is 0. The fourth-order valence-electron chi connectivity index (χ4n) is 2.62. The van der Waals surface area contributed by atoms with Crippen molar-refractivity contribution in [2.24, 2.45) is 17.4 Å². The van der Waals surface area contributed by atoms with E-state index in [1.54, 1.807) is 6.92 Å². The number of thioether (sulfide) groups is 1. The third-order valence-corrected chi connectivity index (χ3v) is 5.41. The van der Waals surface area contributed by atoms with Crippen LogP contribution in [0.25, 0.3) is 0 Å². The van der Waals surface area contributed by atoms with Gasteiger partial charge in [-0.25, -0.2) is 4.79 Å². The highest BCUT2D eigenvalue weighted by molar-refractivity contribution is 7.98. The fourth-order valence-corrected chi connectivity index (χ4v) is 3.09. The molecule has 174 valence electrons. The third-order valence-electron chi connectivity index (χ3n) is 4.77. The molecule has 0 aromatic carbocycles. The van der Waals surface area contributed by atoms with Crippen molar-refractivity contribution in [1.29, 1.82) is 0 Å². The number of hydrogen-bond donors (Lipinski definition) is 6.